The van der Waals surface area contributed by atoms with Gasteiger partial charge in [-0.15, -0.1) is 0 Å². The number of carbonyl (C=O) groups excluding carboxylic acids is 1. The molecule has 0 spiro atoms. The fourth-order valence-corrected chi connectivity index (χ4v) is 2.70. The third kappa shape index (κ3) is 3.74. The van der Waals surface area contributed by atoms with Crippen molar-refractivity contribution in [3.8, 4) is 5.75 Å². The molecular formula is C21H23NO3. The van der Waals surface area contributed by atoms with Gasteiger partial charge in [-0.05, 0) is 50.1 Å². The Morgan fingerprint density at radius 2 is 2.00 bits per heavy atom. The highest BCUT2D eigenvalue weighted by Gasteiger charge is 2.16. The van der Waals surface area contributed by atoms with Crippen molar-refractivity contribution < 1.29 is 21.5 Å². The molecule has 4 nitrogen and oxygen atoms in total. The van der Waals surface area contributed by atoms with Gasteiger partial charge in [-0.1, -0.05) is 18.1 Å². The van der Waals surface area contributed by atoms with Crippen LogP contribution in [0.15, 0.2) is 54.6 Å². The Hall–Kier alpha value is -2.59. The molecule has 0 saturated carbocycles. The van der Waals surface area contributed by atoms with Gasteiger partial charge in [0.2, 0.25) is 0 Å². The highest BCUT2D eigenvalue weighted by atomic mass is 16.5. The number of ether oxygens (including phenoxy) is 1. The van der Waals surface area contributed by atoms with Crippen LogP contribution in [0.5, 0.6) is 5.75 Å². The molecule has 0 radical (unpaired) electrons. The van der Waals surface area contributed by atoms with Crippen molar-refractivity contribution in [1.29, 1.82) is 0 Å². The molecule has 0 saturated heterocycles. The van der Waals surface area contributed by atoms with Crippen molar-refractivity contribution in [2.24, 2.45) is 0 Å². The normalized spacial score (nSPS) is 15.1. The first kappa shape index (κ1) is 11.9. The summed E-state index contributed by atoms with van der Waals surface area (Å²) in [5, 5.41) is 9.58. The number of aliphatic hydroxyl groups is 1. The fourth-order valence-electron chi connectivity index (χ4n) is 2.70. The summed E-state index contributed by atoms with van der Waals surface area (Å²) in [6.45, 7) is 1.90. The number of aromatic nitrogens is 1. The fraction of sp³-hybridized carbons (Fsp3) is 0.286. The Morgan fingerprint density at radius 3 is 2.68 bits per heavy atom. The average Bonchev–Trinajstić information content (AvgIpc) is 3.02. The summed E-state index contributed by atoms with van der Waals surface area (Å²) >= 11 is 0. The second-order valence-corrected chi connectivity index (χ2v) is 5.91. The van der Waals surface area contributed by atoms with Crippen LogP contribution in [0.25, 0.3) is 10.9 Å². The first-order chi connectivity index (χ1) is 14.2. The third-order valence-electron chi connectivity index (χ3n) is 4.02. The van der Waals surface area contributed by atoms with E-state index in [9.17, 15) is 9.90 Å². The van der Waals surface area contributed by atoms with Gasteiger partial charge in [-0.25, -0.2) is 0 Å². The minimum absolute atomic E-state index is 0.0452. The summed E-state index contributed by atoms with van der Waals surface area (Å²) in [6, 6.07) is 4.87. The molecule has 1 atom stereocenters. The molecule has 1 heterocycles. The second-order valence-electron chi connectivity index (χ2n) is 5.91. The average molecular weight is 342 g/mol. The van der Waals surface area contributed by atoms with E-state index < -0.39 is 24.0 Å². The van der Waals surface area contributed by atoms with Gasteiger partial charge in [0.05, 0.1) is 20.1 Å². The molecule has 1 unspecified atom stereocenters. The number of ketones is 1. The SMILES string of the molecule is [2H]c1c([2H])c([2H])c2c(c1[2H])c(C(=O)c1ccc(OC)cc1)c([2H])n2CCCC(C)O. The Balaban J connectivity index is 2.24. The molecule has 2 aromatic carbocycles. The summed E-state index contributed by atoms with van der Waals surface area (Å²) in [5.41, 5.74) is 0.368. The molecule has 1 N–H and O–H groups in total. The van der Waals surface area contributed by atoms with Gasteiger partial charge in [-0.3, -0.25) is 4.79 Å². The number of hydrogen-bond acceptors (Lipinski definition) is 3. The monoisotopic (exact) mass is 342 g/mol. The number of rotatable bonds is 7. The van der Waals surface area contributed by atoms with Crippen LogP contribution in [0.2, 0.25) is 0 Å². The Labute approximate surface area is 154 Å². The van der Waals surface area contributed by atoms with Gasteiger partial charge in [0.1, 0.15) is 5.75 Å². The van der Waals surface area contributed by atoms with Crippen LogP contribution in [0, 0.1) is 0 Å². The van der Waals surface area contributed by atoms with Crippen LogP contribution in [-0.4, -0.2) is 28.7 Å². The number of para-hydroxylation sites is 1. The second kappa shape index (κ2) is 7.53. The molecule has 3 rings (SSSR count). The zero-order valence-corrected chi connectivity index (χ0v) is 14.2. The lowest BCUT2D eigenvalue weighted by Gasteiger charge is -2.06. The summed E-state index contributed by atoms with van der Waals surface area (Å²) < 4.78 is 47.8. The van der Waals surface area contributed by atoms with Crippen molar-refractivity contribution in [2.75, 3.05) is 7.11 Å². The van der Waals surface area contributed by atoms with Crippen molar-refractivity contribution in [1.82, 2.24) is 4.57 Å². The number of carbonyl (C=O) groups is 1. The van der Waals surface area contributed by atoms with E-state index in [2.05, 4.69) is 0 Å². The van der Waals surface area contributed by atoms with Crippen LogP contribution in [-0.2, 0) is 6.54 Å². The molecule has 130 valence electrons. The maximum Gasteiger partial charge on any atom is 0.195 e. The number of methoxy groups -OCH3 is 1. The highest BCUT2D eigenvalue weighted by Crippen LogP contribution is 2.25. The van der Waals surface area contributed by atoms with Crippen LogP contribution < -0.4 is 4.74 Å². The standard InChI is InChI=1S/C21H23NO3/c1-15(23)6-5-13-22-14-19(18-7-3-4-8-20(18)22)21(24)16-9-11-17(25-2)12-10-16/h3-4,7-12,14-15,23H,5-6,13H2,1-2H3/i3D,4D,7D,8D,14D. The van der Waals surface area contributed by atoms with Crippen LogP contribution >= 0.6 is 0 Å². The maximum absolute atomic E-state index is 13.3. The lowest BCUT2D eigenvalue weighted by atomic mass is 10.0. The molecule has 0 fully saturated rings. The minimum atomic E-state index is -0.532. The zero-order valence-electron chi connectivity index (χ0n) is 19.2. The number of aryl methyl sites for hydroxylation is 1. The van der Waals surface area contributed by atoms with E-state index in [0.717, 1.165) is 0 Å². The Morgan fingerprint density at radius 1 is 1.28 bits per heavy atom. The lowest BCUT2D eigenvalue weighted by molar-refractivity contribution is 0.104. The van der Waals surface area contributed by atoms with E-state index in [1.54, 1.807) is 31.2 Å². The van der Waals surface area contributed by atoms with E-state index in [1.807, 2.05) is 0 Å². The molecular weight excluding hydrogens is 314 g/mol. The molecule has 0 bridgehead atoms. The molecule has 0 amide bonds. The van der Waals surface area contributed by atoms with E-state index in [4.69, 9.17) is 11.6 Å². The van der Waals surface area contributed by atoms with E-state index >= 15 is 0 Å². The lowest BCUT2D eigenvalue weighted by Crippen LogP contribution is -2.04. The highest BCUT2D eigenvalue weighted by molar-refractivity contribution is 6.16. The molecule has 0 aliphatic heterocycles. The quantitative estimate of drug-likeness (QED) is 0.659. The minimum Gasteiger partial charge on any atom is -0.497 e. The maximum atomic E-state index is 13.3. The summed E-state index contributed by atoms with van der Waals surface area (Å²) in [6.07, 6.45) is 0.261. The summed E-state index contributed by atoms with van der Waals surface area (Å²) in [4.78, 5) is 13.3. The van der Waals surface area contributed by atoms with E-state index in [1.165, 1.54) is 11.7 Å². The number of nitrogens with zero attached hydrogens (tertiary/aromatic N) is 1. The first-order valence-corrected chi connectivity index (χ1v) is 8.15. The predicted molar refractivity (Wildman–Crippen MR) is 99.3 cm³/mol. The van der Waals surface area contributed by atoms with E-state index in [-0.39, 0.29) is 41.3 Å². The van der Waals surface area contributed by atoms with Crippen LogP contribution in [0.1, 0.15) is 42.5 Å². The summed E-state index contributed by atoms with van der Waals surface area (Å²) in [7, 11) is 1.51. The van der Waals surface area contributed by atoms with Crippen LogP contribution in [0.3, 0.4) is 0 Å². The Bertz CT molecular complexity index is 1110. The molecule has 25 heavy (non-hydrogen) atoms. The topological polar surface area (TPSA) is 51.5 Å². The van der Waals surface area contributed by atoms with Crippen LogP contribution in [0.4, 0.5) is 0 Å². The summed E-state index contributed by atoms with van der Waals surface area (Å²) in [5.74, 6) is 0.0760. The van der Waals surface area contributed by atoms with E-state index in [0.29, 0.717) is 24.2 Å². The van der Waals surface area contributed by atoms with Gasteiger partial charge in [0.25, 0.3) is 0 Å². The van der Waals surface area contributed by atoms with Gasteiger partial charge < -0.3 is 14.4 Å². The van der Waals surface area contributed by atoms with Crippen molar-refractivity contribution >= 4 is 16.7 Å². The van der Waals surface area contributed by atoms with Crippen molar-refractivity contribution in [3.05, 3.63) is 65.7 Å². The van der Waals surface area contributed by atoms with Crippen molar-refractivity contribution in [3.63, 3.8) is 0 Å². The zero-order chi connectivity index (χ0) is 22.2. The largest absolute Gasteiger partial charge is 0.497 e. The molecule has 4 heteroatoms. The van der Waals surface area contributed by atoms with Gasteiger partial charge >= 0.3 is 0 Å². The number of benzene rings is 2. The van der Waals surface area contributed by atoms with Gasteiger partial charge in [-0.2, -0.15) is 0 Å². The van der Waals surface area contributed by atoms with Gasteiger partial charge in [0, 0.05) is 34.7 Å². The first-order valence-electron chi connectivity index (χ1n) is 10.6. The predicted octanol–water partition coefficient (Wildman–Crippen LogP) is 4.04. The van der Waals surface area contributed by atoms with Gasteiger partial charge in [0.15, 0.2) is 5.78 Å². The molecule has 3 aromatic rings. The number of fused-ring (bicyclic) bond motifs is 1. The third-order valence-corrected chi connectivity index (χ3v) is 4.02. The number of aliphatic hydroxyl groups excluding tert-OH is 1. The molecule has 1 aromatic heterocycles. The smallest absolute Gasteiger partial charge is 0.195 e. The van der Waals surface area contributed by atoms with Crippen molar-refractivity contribution in [2.45, 2.75) is 32.4 Å². The Kier molecular flexibility index (Phi) is 3.58. The molecule has 0 aliphatic rings. The number of hydrogen-bond donors (Lipinski definition) is 1. The molecule has 0 aliphatic carbocycles.